The molecule has 0 radical (unpaired) electrons. The predicted molar refractivity (Wildman–Crippen MR) is 102 cm³/mol. The second-order valence-corrected chi connectivity index (χ2v) is 6.63. The fraction of sp³-hybridized carbons (Fsp3) is 0.273. The Morgan fingerprint density at radius 2 is 1.54 bits per heavy atom. The van der Waals surface area contributed by atoms with Crippen molar-refractivity contribution in [3.8, 4) is 0 Å². The zero-order chi connectivity index (χ0) is 18.4. The first-order valence-electron chi connectivity index (χ1n) is 8.95. The van der Waals surface area contributed by atoms with Gasteiger partial charge in [-0.2, -0.15) is 0 Å². The minimum Gasteiger partial charge on any atom is -0.478 e. The normalized spacial score (nSPS) is 15.7. The van der Waals surface area contributed by atoms with Crippen molar-refractivity contribution in [2.24, 2.45) is 0 Å². The molecular formula is C22H23NO3. The summed E-state index contributed by atoms with van der Waals surface area (Å²) in [6.07, 6.45) is 3.35. The molecule has 0 unspecified atom stereocenters. The van der Waals surface area contributed by atoms with E-state index in [-0.39, 0.29) is 17.9 Å². The summed E-state index contributed by atoms with van der Waals surface area (Å²) < 4.78 is 0. The van der Waals surface area contributed by atoms with Gasteiger partial charge in [0.25, 0.3) is 0 Å². The van der Waals surface area contributed by atoms with Crippen LogP contribution in [0.3, 0.4) is 0 Å². The van der Waals surface area contributed by atoms with Gasteiger partial charge in [-0.1, -0.05) is 60.7 Å². The topological polar surface area (TPSA) is 57.6 Å². The predicted octanol–water partition coefficient (Wildman–Crippen LogP) is 3.95. The van der Waals surface area contributed by atoms with Crippen molar-refractivity contribution < 1.29 is 14.7 Å². The monoisotopic (exact) mass is 349 g/mol. The Hall–Kier alpha value is -2.88. The molecule has 0 aliphatic carbocycles. The molecule has 0 bridgehead atoms. The first-order valence-corrected chi connectivity index (χ1v) is 8.95. The van der Waals surface area contributed by atoms with Gasteiger partial charge < -0.3 is 10.0 Å². The van der Waals surface area contributed by atoms with Gasteiger partial charge in [0.1, 0.15) is 0 Å². The number of benzene rings is 2. The number of rotatable bonds is 5. The van der Waals surface area contributed by atoms with E-state index in [4.69, 9.17) is 0 Å². The minimum atomic E-state index is -1.04. The lowest BCUT2D eigenvalue weighted by atomic mass is 9.89. The van der Waals surface area contributed by atoms with Crippen LogP contribution in [0.15, 0.2) is 66.2 Å². The van der Waals surface area contributed by atoms with Crippen molar-refractivity contribution in [3.63, 3.8) is 0 Å². The third-order valence-electron chi connectivity index (χ3n) is 4.88. The second-order valence-electron chi connectivity index (χ2n) is 6.63. The van der Waals surface area contributed by atoms with E-state index >= 15 is 0 Å². The molecule has 1 aliphatic heterocycles. The summed E-state index contributed by atoms with van der Waals surface area (Å²) in [5.74, 6) is -0.679. The van der Waals surface area contributed by atoms with E-state index in [1.807, 2.05) is 48.5 Å². The van der Waals surface area contributed by atoms with E-state index in [0.717, 1.165) is 18.4 Å². The van der Waals surface area contributed by atoms with Crippen LogP contribution in [0.2, 0.25) is 0 Å². The molecule has 0 spiro atoms. The smallest absolute Gasteiger partial charge is 0.332 e. The molecule has 1 fully saturated rings. The van der Waals surface area contributed by atoms with Crippen molar-refractivity contribution in [3.05, 3.63) is 77.4 Å². The maximum atomic E-state index is 12.6. The molecule has 1 amide bonds. The Labute approximate surface area is 153 Å². The molecule has 0 atom stereocenters. The van der Waals surface area contributed by atoms with Crippen LogP contribution < -0.4 is 0 Å². The molecule has 4 nitrogen and oxygen atoms in total. The number of likely N-dealkylation sites (tertiary alicyclic amines) is 1. The Morgan fingerprint density at radius 3 is 2.12 bits per heavy atom. The summed E-state index contributed by atoms with van der Waals surface area (Å²) in [5, 5.41) is 9.43. The van der Waals surface area contributed by atoms with Gasteiger partial charge in [0.2, 0.25) is 5.91 Å². The van der Waals surface area contributed by atoms with E-state index in [2.05, 4.69) is 12.1 Å². The highest BCUT2D eigenvalue weighted by Crippen LogP contribution is 2.28. The molecular weight excluding hydrogens is 326 g/mol. The largest absolute Gasteiger partial charge is 0.478 e. The molecule has 4 heteroatoms. The number of piperidine rings is 1. The number of carboxylic acid groups (broad SMARTS) is 1. The van der Waals surface area contributed by atoms with Crippen LogP contribution in [0.1, 0.15) is 36.3 Å². The highest BCUT2D eigenvalue weighted by atomic mass is 16.4. The number of aliphatic carboxylic acids is 1. The van der Waals surface area contributed by atoms with Crippen molar-refractivity contribution in [1.29, 1.82) is 0 Å². The molecule has 2 aromatic rings. The summed E-state index contributed by atoms with van der Waals surface area (Å²) in [5.41, 5.74) is 2.24. The Kier molecular flexibility index (Phi) is 5.84. The maximum Gasteiger partial charge on any atom is 0.332 e. The van der Waals surface area contributed by atoms with Crippen LogP contribution in [0.4, 0.5) is 0 Å². The molecule has 134 valence electrons. The lowest BCUT2D eigenvalue weighted by molar-refractivity contribution is -0.136. The number of hydrogen-bond acceptors (Lipinski definition) is 2. The summed E-state index contributed by atoms with van der Waals surface area (Å²) in [4.78, 5) is 25.9. The standard InChI is InChI=1S/C22H23NO3/c24-21(16-20(22(25)26)15-17-7-3-1-4-8-17)23-13-11-19(12-14-23)18-9-5-2-6-10-18/h1-10,15,19H,11-14,16H2,(H,25,26)/b20-15+. The Morgan fingerprint density at radius 1 is 0.962 bits per heavy atom. The zero-order valence-electron chi connectivity index (χ0n) is 14.7. The number of carbonyl (C=O) groups is 2. The third kappa shape index (κ3) is 4.60. The molecule has 0 saturated carbocycles. The Balaban J connectivity index is 1.61. The summed E-state index contributed by atoms with van der Waals surface area (Å²) >= 11 is 0. The fourth-order valence-corrected chi connectivity index (χ4v) is 3.40. The van der Waals surface area contributed by atoms with Crippen LogP contribution >= 0.6 is 0 Å². The number of carboxylic acids is 1. The van der Waals surface area contributed by atoms with Crippen LogP contribution in [-0.2, 0) is 9.59 Å². The quantitative estimate of drug-likeness (QED) is 0.832. The second kappa shape index (κ2) is 8.48. The molecule has 2 aromatic carbocycles. The average molecular weight is 349 g/mol. The first kappa shape index (κ1) is 17.9. The summed E-state index contributed by atoms with van der Waals surface area (Å²) in [6, 6.07) is 19.6. The minimum absolute atomic E-state index is 0.0692. The number of hydrogen-bond donors (Lipinski definition) is 1. The van der Waals surface area contributed by atoms with Crippen molar-refractivity contribution in [1.82, 2.24) is 4.90 Å². The lowest BCUT2D eigenvalue weighted by Gasteiger charge is -2.32. The molecule has 26 heavy (non-hydrogen) atoms. The van der Waals surface area contributed by atoms with Gasteiger partial charge in [-0.25, -0.2) is 4.79 Å². The van der Waals surface area contributed by atoms with Gasteiger partial charge in [-0.3, -0.25) is 4.79 Å². The Bertz CT molecular complexity index is 776. The fourth-order valence-electron chi connectivity index (χ4n) is 3.40. The molecule has 1 N–H and O–H groups in total. The molecule has 1 aliphatic rings. The van der Waals surface area contributed by atoms with Crippen LogP contribution in [0, 0.1) is 0 Å². The van der Waals surface area contributed by atoms with Crippen LogP contribution in [0.25, 0.3) is 6.08 Å². The summed E-state index contributed by atoms with van der Waals surface area (Å²) in [6.45, 7) is 1.35. The number of nitrogens with zero attached hydrogens (tertiary/aromatic N) is 1. The van der Waals surface area contributed by atoms with Gasteiger partial charge in [0, 0.05) is 18.7 Å². The van der Waals surface area contributed by atoms with Gasteiger partial charge in [-0.05, 0) is 36.0 Å². The van der Waals surface area contributed by atoms with E-state index < -0.39 is 5.97 Å². The molecule has 3 rings (SSSR count). The third-order valence-corrected chi connectivity index (χ3v) is 4.88. The van der Waals surface area contributed by atoms with E-state index in [0.29, 0.717) is 19.0 Å². The number of carbonyl (C=O) groups excluding carboxylic acids is 1. The maximum absolute atomic E-state index is 12.6. The highest BCUT2D eigenvalue weighted by Gasteiger charge is 2.25. The average Bonchev–Trinajstić information content (AvgIpc) is 2.69. The van der Waals surface area contributed by atoms with Gasteiger partial charge >= 0.3 is 5.97 Å². The van der Waals surface area contributed by atoms with Crippen molar-refractivity contribution >= 4 is 18.0 Å². The van der Waals surface area contributed by atoms with E-state index in [1.165, 1.54) is 5.56 Å². The van der Waals surface area contributed by atoms with Crippen LogP contribution in [0.5, 0.6) is 0 Å². The van der Waals surface area contributed by atoms with Gasteiger partial charge in [0.05, 0.1) is 6.42 Å². The van der Waals surface area contributed by atoms with Crippen LogP contribution in [-0.4, -0.2) is 35.0 Å². The SMILES string of the molecule is O=C(O)/C(=C/c1ccccc1)CC(=O)N1CCC(c2ccccc2)CC1. The van der Waals surface area contributed by atoms with Gasteiger partial charge in [0.15, 0.2) is 0 Å². The summed E-state index contributed by atoms with van der Waals surface area (Å²) in [7, 11) is 0. The molecule has 0 aromatic heterocycles. The number of amides is 1. The van der Waals surface area contributed by atoms with Gasteiger partial charge in [-0.15, -0.1) is 0 Å². The van der Waals surface area contributed by atoms with Crippen molar-refractivity contribution in [2.75, 3.05) is 13.1 Å². The lowest BCUT2D eigenvalue weighted by Crippen LogP contribution is -2.38. The van der Waals surface area contributed by atoms with E-state index in [1.54, 1.807) is 11.0 Å². The highest BCUT2D eigenvalue weighted by molar-refractivity contribution is 5.98. The first-order chi connectivity index (χ1) is 12.6. The molecule has 1 saturated heterocycles. The van der Waals surface area contributed by atoms with Crippen molar-refractivity contribution in [2.45, 2.75) is 25.2 Å². The molecule has 1 heterocycles. The zero-order valence-corrected chi connectivity index (χ0v) is 14.7. The van der Waals surface area contributed by atoms with E-state index in [9.17, 15) is 14.7 Å².